The largest absolute Gasteiger partial charge is 0.336 e. The van der Waals surface area contributed by atoms with Crippen molar-refractivity contribution in [2.75, 3.05) is 19.6 Å². The van der Waals surface area contributed by atoms with Crippen LogP contribution in [0, 0.1) is 13.8 Å². The number of carbonyl (C=O) groups is 1. The van der Waals surface area contributed by atoms with Gasteiger partial charge in [0.15, 0.2) is 0 Å². The minimum atomic E-state index is 0.163. The first kappa shape index (κ1) is 12.1. The van der Waals surface area contributed by atoms with E-state index in [0.717, 1.165) is 30.8 Å². The molecule has 92 valence electrons. The lowest BCUT2D eigenvalue weighted by Crippen LogP contribution is -2.51. The van der Waals surface area contributed by atoms with Crippen molar-refractivity contribution in [1.29, 1.82) is 0 Å². The molecule has 0 bridgehead atoms. The van der Waals surface area contributed by atoms with Gasteiger partial charge in [-0.3, -0.25) is 4.79 Å². The number of benzene rings is 1. The Morgan fingerprint density at radius 1 is 1.41 bits per heavy atom. The molecule has 0 aromatic heterocycles. The van der Waals surface area contributed by atoms with Gasteiger partial charge in [-0.15, -0.1) is 0 Å². The Kier molecular flexibility index (Phi) is 3.48. The minimum absolute atomic E-state index is 0.163. The van der Waals surface area contributed by atoms with Crippen LogP contribution in [0.2, 0.25) is 0 Å². The van der Waals surface area contributed by atoms with E-state index in [4.69, 9.17) is 0 Å². The van der Waals surface area contributed by atoms with Crippen LogP contribution < -0.4 is 5.32 Å². The summed E-state index contributed by atoms with van der Waals surface area (Å²) in [5.74, 6) is 0.163. The maximum absolute atomic E-state index is 12.4. The molecule has 1 N–H and O–H groups in total. The first-order valence-electron chi connectivity index (χ1n) is 6.18. The molecule has 1 aliphatic heterocycles. The molecule has 0 saturated carbocycles. The standard InChI is InChI=1S/C14H20N2O/c1-10-4-5-13(11(2)8-10)14(17)16-7-6-15-12(3)9-16/h4-5,8,12,15H,6-7,9H2,1-3H3/t12-/m1/s1. The second kappa shape index (κ2) is 4.88. The van der Waals surface area contributed by atoms with Crippen LogP contribution in [0.25, 0.3) is 0 Å². The third-order valence-corrected chi connectivity index (χ3v) is 3.27. The van der Waals surface area contributed by atoms with E-state index in [1.807, 2.05) is 30.9 Å². The lowest BCUT2D eigenvalue weighted by atomic mass is 10.0. The second-order valence-electron chi connectivity index (χ2n) is 4.92. The highest BCUT2D eigenvalue weighted by Crippen LogP contribution is 2.14. The van der Waals surface area contributed by atoms with Crippen LogP contribution in [0.3, 0.4) is 0 Å². The maximum Gasteiger partial charge on any atom is 0.254 e. The molecule has 0 radical (unpaired) electrons. The van der Waals surface area contributed by atoms with Crippen molar-refractivity contribution in [1.82, 2.24) is 10.2 Å². The summed E-state index contributed by atoms with van der Waals surface area (Å²) in [6.07, 6.45) is 0. The van der Waals surface area contributed by atoms with Gasteiger partial charge in [0, 0.05) is 31.2 Å². The maximum atomic E-state index is 12.4. The Balaban J connectivity index is 2.18. The Morgan fingerprint density at radius 2 is 2.18 bits per heavy atom. The summed E-state index contributed by atoms with van der Waals surface area (Å²) < 4.78 is 0. The Labute approximate surface area is 103 Å². The highest BCUT2D eigenvalue weighted by atomic mass is 16.2. The molecule has 1 saturated heterocycles. The summed E-state index contributed by atoms with van der Waals surface area (Å²) in [4.78, 5) is 14.3. The molecule has 17 heavy (non-hydrogen) atoms. The molecule has 1 aromatic rings. The van der Waals surface area contributed by atoms with Crippen LogP contribution in [0.15, 0.2) is 18.2 Å². The smallest absolute Gasteiger partial charge is 0.254 e. The van der Waals surface area contributed by atoms with Crippen LogP contribution in [0.1, 0.15) is 28.4 Å². The molecule has 0 aliphatic carbocycles. The van der Waals surface area contributed by atoms with Crippen LogP contribution >= 0.6 is 0 Å². The van der Waals surface area contributed by atoms with Crippen molar-refractivity contribution in [3.63, 3.8) is 0 Å². The zero-order chi connectivity index (χ0) is 12.4. The fraction of sp³-hybridized carbons (Fsp3) is 0.500. The molecule has 1 amide bonds. The predicted octanol–water partition coefficient (Wildman–Crippen LogP) is 1.74. The SMILES string of the molecule is Cc1ccc(C(=O)N2CCN[C@H](C)C2)c(C)c1. The number of hydrogen-bond donors (Lipinski definition) is 1. The number of nitrogens with zero attached hydrogens (tertiary/aromatic N) is 1. The fourth-order valence-electron chi connectivity index (χ4n) is 2.34. The second-order valence-corrected chi connectivity index (χ2v) is 4.92. The molecule has 3 heteroatoms. The molecule has 0 spiro atoms. The van der Waals surface area contributed by atoms with Gasteiger partial charge in [0.05, 0.1) is 0 Å². The van der Waals surface area contributed by atoms with Crippen molar-refractivity contribution >= 4 is 5.91 Å². The summed E-state index contributed by atoms with van der Waals surface area (Å²) in [6, 6.07) is 6.41. The average molecular weight is 232 g/mol. The molecule has 1 fully saturated rings. The van der Waals surface area contributed by atoms with Gasteiger partial charge in [-0.05, 0) is 32.4 Å². The summed E-state index contributed by atoms with van der Waals surface area (Å²) in [5.41, 5.74) is 3.11. The zero-order valence-electron chi connectivity index (χ0n) is 10.8. The topological polar surface area (TPSA) is 32.3 Å². The molecular formula is C14H20N2O. The Hall–Kier alpha value is -1.35. The number of aryl methyl sites for hydroxylation is 2. The zero-order valence-corrected chi connectivity index (χ0v) is 10.8. The van der Waals surface area contributed by atoms with Crippen LogP contribution in [-0.2, 0) is 0 Å². The van der Waals surface area contributed by atoms with Gasteiger partial charge < -0.3 is 10.2 Å². The number of nitrogens with one attached hydrogen (secondary N) is 1. The van der Waals surface area contributed by atoms with Crippen LogP contribution in [0.4, 0.5) is 0 Å². The van der Waals surface area contributed by atoms with Gasteiger partial charge in [-0.25, -0.2) is 0 Å². The average Bonchev–Trinajstić information content (AvgIpc) is 2.28. The molecule has 1 heterocycles. The van der Waals surface area contributed by atoms with Gasteiger partial charge in [0.2, 0.25) is 0 Å². The Morgan fingerprint density at radius 3 is 2.82 bits per heavy atom. The monoisotopic (exact) mass is 232 g/mol. The first-order valence-corrected chi connectivity index (χ1v) is 6.18. The molecule has 1 aromatic carbocycles. The number of hydrogen-bond acceptors (Lipinski definition) is 2. The van der Waals surface area contributed by atoms with E-state index < -0.39 is 0 Å². The van der Waals surface area contributed by atoms with Crippen molar-refractivity contribution in [3.05, 3.63) is 34.9 Å². The van der Waals surface area contributed by atoms with E-state index in [0.29, 0.717) is 6.04 Å². The van der Waals surface area contributed by atoms with Gasteiger partial charge in [-0.1, -0.05) is 17.7 Å². The third-order valence-electron chi connectivity index (χ3n) is 3.27. The lowest BCUT2D eigenvalue weighted by Gasteiger charge is -2.32. The molecule has 1 atom stereocenters. The van der Waals surface area contributed by atoms with E-state index in [-0.39, 0.29) is 5.91 Å². The van der Waals surface area contributed by atoms with Gasteiger partial charge >= 0.3 is 0 Å². The fourth-order valence-corrected chi connectivity index (χ4v) is 2.34. The molecule has 2 rings (SSSR count). The Bertz CT molecular complexity index is 428. The van der Waals surface area contributed by atoms with E-state index in [1.165, 1.54) is 5.56 Å². The first-order chi connectivity index (χ1) is 8.08. The van der Waals surface area contributed by atoms with Crippen molar-refractivity contribution in [2.24, 2.45) is 0 Å². The number of rotatable bonds is 1. The number of piperazine rings is 1. The number of amides is 1. The highest BCUT2D eigenvalue weighted by molar-refractivity contribution is 5.95. The van der Waals surface area contributed by atoms with Gasteiger partial charge in [-0.2, -0.15) is 0 Å². The summed E-state index contributed by atoms with van der Waals surface area (Å²) in [7, 11) is 0. The highest BCUT2D eigenvalue weighted by Gasteiger charge is 2.22. The normalized spacial score (nSPS) is 20.4. The predicted molar refractivity (Wildman–Crippen MR) is 69.3 cm³/mol. The molecular weight excluding hydrogens is 212 g/mol. The number of carbonyl (C=O) groups excluding carboxylic acids is 1. The van der Waals surface area contributed by atoms with E-state index in [1.54, 1.807) is 0 Å². The van der Waals surface area contributed by atoms with Crippen molar-refractivity contribution < 1.29 is 4.79 Å². The minimum Gasteiger partial charge on any atom is -0.336 e. The molecule has 1 aliphatic rings. The van der Waals surface area contributed by atoms with Gasteiger partial charge in [0.1, 0.15) is 0 Å². The van der Waals surface area contributed by atoms with E-state index in [2.05, 4.69) is 18.3 Å². The lowest BCUT2D eigenvalue weighted by molar-refractivity contribution is 0.0708. The van der Waals surface area contributed by atoms with Gasteiger partial charge in [0.25, 0.3) is 5.91 Å². The van der Waals surface area contributed by atoms with Crippen molar-refractivity contribution in [3.8, 4) is 0 Å². The summed E-state index contributed by atoms with van der Waals surface area (Å²) in [5, 5.41) is 3.35. The molecule has 3 nitrogen and oxygen atoms in total. The summed E-state index contributed by atoms with van der Waals surface area (Å²) >= 11 is 0. The van der Waals surface area contributed by atoms with E-state index in [9.17, 15) is 4.79 Å². The van der Waals surface area contributed by atoms with E-state index >= 15 is 0 Å². The van der Waals surface area contributed by atoms with Crippen LogP contribution in [-0.4, -0.2) is 36.5 Å². The molecule has 0 unspecified atom stereocenters. The van der Waals surface area contributed by atoms with Crippen LogP contribution in [0.5, 0.6) is 0 Å². The third kappa shape index (κ3) is 2.67. The quantitative estimate of drug-likeness (QED) is 0.800. The van der Waals surface area contributed by atoms with Crippen molar-refractivity contribution in [2.45, 2.75) is 26.8 Å². The summed E-state index contributed by atoms with van der Waals surface area (Å²) in [6.45, 7) is 8.65.